The monoisotopic (exact) mass is 762 g/mol. The van der Waals surface area contributed by atoms with Gasteiger partial charge in [0.15, 0.2) is 11.6 Å². The summed E-state index contributed by atoms with van der Waals surface area (Å²) in [6, 6.07) is 2.67. The van der Waals surface area contributed by atoms with Crippen LogP contribution < -0.4 is 5.32 Å². The van der Waals surface area contributed by atoms with Gasteiger partial charge in [-0.25, -0.2) is 4.39 Å². The molecule has 54 heavy (non-hydrogen) atoms. The Morgan fingerprint density at radius 1 is 0.926 bits per heavy atom. The molecule has 3 amide bonds. The first-order valence-corrected chi connectivity index (χ1v) is 19.3. The van der Waals surface area contributed by atoms with E-state index in [1.807, 2.05) is 60.5 Å². The van der Waals surface area contributed by atoms with Gasteiger partial charge in [-0.2, -0.15) is 0 Å². The summed E-state index contributed by atoms with van der Waals surface area (Å²) in [4.78, 5) is 73.4. The van der Waals surface area contributed by atoms with Crippen LogP contribution in [0.1, 0.15) is 91.4 Å². The Morgan fingerprint density at radius 3 is 2.00 bits per heavy atom. The molecule has 1 aliphatic heterocycles. The van der Waals surface area contributed by atoms with Crippen LogP contribution in [0.15, 0.2) is 24.3 Å². The average molecular weight is 763 g/mol. The maximum Gasteiger partial charge on any atom is 0.226 e. The quantitative estimate of drug-likeness (QED) is 0.176. The third-order valence-electron chi connectivity index (χ3n) is 11.2. The maximum absolute atomic E-state index is 14.3. The number of amides is 3. The normalized spacial score (nSPS) is 20.6. The number of β-amino-alcohol motifs (C(OH)–C–C–N with tert-alkyl or cyclic N) is 1. The van der Waals surface area contributed by atoms with E-state index in [0.29, 0.717) is 6.42 Å². The highest BCUT2D eigenvalue weighted by Gasteiger charge is 2.45. The zero-order chi connectivity index (χ0) is 41.2. The zero-order valence-corrected chi connectivity index (χ0v) is 34.8. The predicted octanol–water partition coefficient (Wildman–Crippen LogP) is 4.22. The second-order valence-corrected chi connectivity index (χ2v) is 16.1. The molecular weight excluding hydrogens is 695 g/mol. The Balaban J connectivity index is 2.30. The summed E-state index contributed by atoms with van der Waals surface area (Å²) < 4.78 is 25.2. The van der Waals surface area contributed by atoms with Gasteiger partial charge in [0, 0.05) is 45.7 Å². The van der Waals surface area contributed by atoms with Gasteiger partial charge < -0.3 is 29.7 Å². The molecule has 12 nitrogen and oxygen atoms in total. The van der Waals surface area contributed by atoms with E-state index in [9.17, 15) is 33.5 Å². The summed E-state index contributed by atoms with van der Waals surface area (Å²) in [5.74, 6) is -3.33. The fourth-order valence-electron chi connectivity index (χ4n) is 8.04. The number of Topliss-reactive ketones (excluding diaryl/α,β-unsaturated/α-hetero) is 2. The van der Waals surface area contributed by atoms with Crippen LogP contribution in [0, 0.1) is 35.4 Å². The Hall–Kier alpha value is -3.26. The van der Waals surface area contributed by atoms with Crippen LogP contribution in [0.5, 0.6) is 0 Å². The van der Waals surface area contributed by atoms with Crippen molar-refractivity contribution in [2.24, 2.45) is 29.6 Å². The van der Waals surface area contributed by atoms with E-state index in [-0.39, 0.29) is 78.5 Å². The molecule has 0 spiro atoms. The van der Waals surface area contributed by atoms with Gasteiger partial charge in [-0.05, 0) is 69.5 Å². The number of benzene rings is 1. The lowest BCUT2D eigenvalue weighted by molar-refractivity contribution is -0.149. The number of hydrogen-bond acceptors (Lipinski definition) is 9. The van der Waals surface area contributed by atoms with Crippen LogP contribution >= 0.6 is 0 Å². The molecule has 1 heterocycles. The SMILES string of the molecule is CC[C@H](C)[C@@H]([C@@H](CC(=O)N1C[C@@H](O)C[C@H]1[C@H](OC)[C@@H](C)C(=O)N[C@@H](C)C(=O)c1ccc(F)cc1)OC)N(C)C(=O)[C@@H](CC(=O)[C@H](C(C)C)N(C)C)C(C)C. The van der Waals surface area contributed by atoms with Crippen LogP contribution in [0.25, 0.3) is 0 Å². The Bertz CT molecular complexity index is 1400. The molecule has 0 bridgehead atoms. The van der Waals surface area contributed by atoms with Gasteiger partial charge in [0.1, 0.15) is 5.82 Å². The average Bonchev–Trinajstić information content (AvgIpc) is 3.50. The number of nitrogens with zero attached hydrogens (tertiary/aromatic N) is 3. The van der Waals surface area contributed by atoms with Gasteiger partial charge >= 0.3 is 0 Å². The van der Waals surface area contributed by atoms with Crippen LogP contribution in [-0.4, -0.2) is 133 Å². The molecule has 2 N–H and O–H groups in total. The number of rotatable bonds is 21. The number of methoxy groups -OCH3 is 2. The van der Waals surface area contributed by atoms with Crippen LogP contribution in [0.2, 0.25) is 0 Å². The van der Waals surface area contributed by atoms with Crippen molar-refractivity contribution in [2.45, 2.75) is 124 Å². The summed E-state index contributed by atoms with van der Waals surface area (Å²) in [5, 5.41) is 13.5. The van der Waals surface area contributed by atoms with E-state index in [0.717, 1.165) is 0 Å². The van der Waals surface area contributed by atoms with Crippen molar-refractivity contribution in [1.29, 1.82) is 0 Å². The summed E-state index contributed by atoms with van der Waals surface area (Å²) in [6.07, 6.45) is -1.53. The summed E-state index contributed by atoms with van der Waals surface area (Å²) in [6.45, 7) is 15.1. The number of likely N-dealkylation sites (tertiary alicyclic amines) is 1. The number of ether oxygens (including phenoxy) is 2. The van der Waals surface area contributed by atoms with Crippen LogP contribution in [-0.2, 0) is 28.7 Å². The maximum atomic E-state index is 14.3. The predicted molar refractivity (Wildman–Crippen MR) is 206 cm³/mol. The van der Waals surface area contributed by atoms with Gasteiger partial charge in [-0.1, -0.05) is 54.9 Å². The molecule has 2 rings (SSSR count). The van der Waals surface area contributed by atoms with Gasteiger partial charge in [0.2, 0.25) is 17.7 Å². The third kappa shape index (κ3) is 11.9. The van der Waals surface area contributed by atoms with Crippen molar-refractivity contribution >= 4 is 29.3 Å². The van der Waals surface area contributed by atoms with Crippen LogP contribution in [0.4, 0.5) is 4.39 Å². The lowest BCUT2D eigenvalue weighted by atomic mass is 9.83. The number of halogens is 1. The van der Waals surface area contributed by atoms with Crippen molar-refractivity contribution in [3.8, 4) is 0 Å². The zero-order valence-electron chi connectivity index (χ0n) is 34.8. The number of aliphatic hydroxyl groups excluding tert-OH is 1. The Kier molecular flexibility index (Phi) is 18.4. The van der Waals surface area contributed by atoms with E-state index in [1.165, 1.54) is 43.4 Å². The number of nitrogens with one attached hydrogen (secondary N) is 1. The second kappa shape index (κ2) is 21.2. The number of carbonyl (C=O) groups is 5. The fourth-order valence-corrected chi connectivity index (χ4v) is 8.04. The van der Waals surface area contributed by atoms with Crippen molar-refractivity contribution in [2.75, 3.05) is 41.9 Å². The van der Waals surface area contributed by atoms with Crippen molar-refractivity contribution in [3.05, 3.63) is 35.6 Å². The van der Waals surface area contributed by atoms with Gasteiger partial charge in [-0.15, -0.1) is 0 Å². The first-order chi connectivity index (χ1) is 25.2. The minimum absolute atomic E-state index is 0.0113. The molecule has 13 heteroatoms. The topological polar surface area (TPSA) is 146 Å². The number of hydrogen-bond donors (Lipinski definition) is 2. The molecule has 1 aliphatic rings. The summed E-state index contributed by atoms with van der Waals surface area (Å²) >= 11 is 0. The summed E-state index contributed by atoms with van der Waals surface area (Å²) in [5.41, 5.74) is 0.254. The molecule has 0 aromatic heterocycles. The van der Waals surface area contributed by atoms with E-state index in [4.69, 9.17) is 9.47 Å². The highest BCUT2D eigenvalue weighted by atomic mass is 19.1. The summed E-state index contributed by atoms with van der Waals surface area (Å²) in [7, 11) is 8.40. The first-order valence-electron chi connectivity index (χ1n) is 19.3. The van der Waals surface area contributed by atoms with E-state index < -0.39 is 60.0 Å². The number of ketones is 2. The minimum Gasteiger partial charge on any atom is -0.391 e. The molecule has 0 unspecified atom stereocenters. The molecular formula is C41H67FN4O8. The number of aliphatic hydroxyl groups is 1. The highest BCUT2D eigenvalue weighted by Crippen LogP contribution is 2.31. The standard InChI is InChI=1S/C41H67FN4O8/c1-14-25(6)37(45(11)41(52)31(23(2)3)20-33(48)36(24(4)5)44(9)10)34(53-12)21-35(49)46-22-30(47)19-32(46)39(54-13)26(7)40(51)43-27(8)38(50)28-15-17-29(42)18-16-28/h15-18,23-27,30-32,34,36-37,39,47H,14,19-22H2,1-13H3,(H,43,51)/t25-,26+,27-,30-,31-,32-,34+,36-,37-,39+/m0/s1. The van der Waals surface area contributed by atoms with Crippen LogP contribution in [0.3, 0.4) is 0 Å². The van der Waals surface area contributed by atoms with E-state index in [2.05, 4.69) is 5.32 Å². The number of likely N-dealkylation sites (N-methyl/N-ethyl adjacent to an activating group) is 2. The van der Waals surface area contributed by atoms with Crippen molar-refractivity contribution in [1.82, 2.24) is 20.0 Å². The number of carbonyl (C=O) groups excluding carboxylic acids is 5. The highest BCUT2D eigenvalue weighted by molar-refractivity contribution is 6.01. The molecule has 1 saturated heterocycles. The van der Waals surface area contributed by atoms with E-state index >= 15 is 0 Å². The minimum atomic E-state index is -0.910. The molecule has 1 aromatic carbocycles. The van der Waals surface area contributed by atoms with Gasteiger partial charge in [0.25, 0.3) is 0 Å². The Labute approximate surface area is 322 Å². The van der Waals surface area contributed by atoms with Gasteiger partial charge in [0.05, 0.1) is 54.8 Å². The lowest BCUT2D eigenvalue weighted by Gasteiger charge is -2.41. The molecule has 0 aliphatic carbocycles. The van der Waals surface area contributed by atoms with Gasteiger partial charge in [-0.3, -0.25) is 28.9 Å². The molecule has 1 aromatic rings. The lowest BCUT2D eigenvalue weighted by Crippen LogP contribution is -2.54. The molecule has 1 fully saturated rings. The van der Waals surface area contributed by atoms with E-state index in [1.54, 1.807) is 25.8 Å². The fraction of sp³-hybridized carbons (Fsp3) is 0.732. The molecule has 10 atom stereocenters. The largest absolute Gasteiger partial charge is 0.391 e. The van der Waals surface area contributed by atoms with Crippen molar-refractivity contribution in [3.63, 3.8) is 0 Å². The molecule has 0 radical (unpaired) electrons. The first kappa shape index (κ1) is 46.9. The molecule has 0 saturated carbocycles. The smallest absolute Gasteiger partial charge is 0.226 e. The third-order valence-corrected chi connectivity index (χ3v) is 11.2. The second-order valence-electron chi connectivity index (χ2n) is 16.1. The molecule has 306 valence electrons. The Morgan fingerprint density at radius 2 is 1.52 bits per heavy atom. The van der Waals surface area contributed by atoms with Crippen molar-refractivity contribution < 1.29 is 42.9 Å².